The SMILES string of the molecule is Cc1ccc2cc(-n3nc(-c4cc(Cl)cc(Cl)c4)cc3Oc3ccc(C(=O)NCCC(=O)O)cc3)ccc2c1.Cc1ccc2cc(-n3nc(-c4cc(Cl)cc(Cl)c4)cc3Oc3ccc(C(=O)NCCC(=O)OC(C)(C)C)cc3)ccc2c1.ClCCl. The Hall–Kier alpha value is -8.08. The lowest BCUT2D eigenvalue weighted by atomic mass is 10.1. The number of carboxylic acid groups (broad SMARTS) is 1. The van der Waals surface area contributed by atoms with Gasteiger partial charge in [-0.05, 0) is 165 Å². The van der Waals surface area contributed by atoms with Gasteiger partial charge in [0, 0.05) is 67.6 Å². The Labute approximate surface area is 521 Å². The van der Waals surface area contributed by atoms with Crippen LogP contribution in [-0.4, -0.2) is 72.5 Å². The summed E-state index contributed by atoms with van der Waals surface area (Å²) in [5.41, 5.74) is 6.96. The predicted octanol–water partition coefficient (Wildman–Crippen LogP) is 17.3. The number of fused-ring (bicyclic) bond motifs is 2. The van der Waals surface area contributed by atoms with Crippen LogP contribution in [0.1, 0.15) is 65.5 Å². The summed E-state index contributed by atoms with van der Waals surface area (Å²) in [6.45, 7) is 9.75. The second kappa shape index (κ2) is 28.7. The van der Waals surface area contributed by atoms with Gasteiger partial charge in [-0.3, -0.25) is 19.2 Å². The number of aryl methyl sites for hydroxylation is 2. The maximum atomic E-state index is 12.6. The first-order chi connectivity index (χ1) is 40.6. The van der Waals surface area contributed by atoms with Crippen LogP contribution in [0.3, 0.4) is 0 Å². The van der Waals surface area contributed by atoms with E-state index in [2.05, 4.69) is 66.9 Å². The molecule has 20 heteroatoms. The van der Waals surface area contributed by atoms with Crippen LogP contribution >= 0.6 is 69.6 Å². The Morgan fingerprint density at radius 1 is 0.494 bits per heavy atom. The fourth-order valence-corrected chi connectivity index (χ4v) is 9.70. The number of nitrogens with zero attached hydrogens (tertiary/aromatic N) is 4. The molecule has 2 aromatic heterocycles. The van der Waals surface area contributed by atoms with Crippen molar-refractivity contribution in [3.8, 4) is 57.1 Å². The van der Waals surface area contributed by atoms with Crippen molar-refractivity contribution >= 4 is 115 Å². The number of carbonyl (C=O) groups excluding carboxylic acids is 3. The molecule has 0 saturated heterocycles. The number of aliphatic carboxylic acids is 1. The molecule has 0 bridgehead atoms. The molecule has 85 heavy (non-hydrogen) atoms. The molecule has 436 valence electrons. The van der Waals surface area contributed by atoms with E-state index in [0.29, 0.717) is 65.9 Å². The summed E-state index contributed by atoms with van der Waals surface area (Å²) >= 11 is 34.6. The van der Waals surface area contributed by atoms with E-state index < -0.39 is 11.6 Å². The Bertz CT molecular complexity index is 4010. The summed E-state index contributed by atoms with van der Waals surface area (Å²) in [5, 5.41) is 30.3. The zero-order valence-electron chi connectivity index (χ0n) is 46.6. The van der Waals surface area contributed by atoms with Gasteiger partial charge in [0.15, 0.2) is 0 Å². The van der Waals surface area contributed by atoms with Crippen molar-refractivity contribution in [2.24, 2.45) is 0 Å². The third-order valence-electron chi connectivity index (χ3n) is 12.5. The Balaban J connectivity index is 0.000000212. The van der Waals surface area contributed by atoms with E-state index >= 15 is 0 Å². The van der Waals surface area contributed by atoms with Gasteiger partial charge >= 0.3 is 11.9 Å². The lowest BCUT2D eigenvalue weighted by Gasteiger charge is -2.19. The van der Waals surface area contributed by atoms with Gasteiger partial charge in [0.05, 0.1) is 40.9 Å². The number of ether oxygens (including phenoxy) is 3. The van der Waals surface area contributed by atoms with Gasteiger partial charge in [-0.1, -0.05) is 106 Å². The molecule has 2 amide bonds. The molecule has 2 heterocycles. The number of carbonyl (C=O) groups is 4. The van der Waals surface area contributed by atoms with Crippen LogP contribution in [0.4, 0.5) is 0 Å². The minimum absolute atomic E-state index is 0.0488. The third-order valence-corrected chi connectivity index (χ3v) is 13.3. The molecule has 0 atom stereocenters. The summed E-state index contributed by atoms with van der Waals surface area (Å²) in [6, 6.07) is 52.1. The summed E-state index contributed by atoms with van der Waals surface area (Å²) < 4.78 is 21.2. The summed E-state index contributed by atoms with van der Waals surface area (Å²) in [7, 11) is 0. The minimum atomic E-state index is -0.975. The van der Waals surface area contributed by atoms with Crippen LogP contribution in [-0.2, 0) is 14.3 Å². The fraction of sp³-hybridized carbons (Fsp3) is 0.169. The molecule has 0 aliphatic carbocycles. The Morgan fingerprint density at radius 3 is 1.24 bits per heavy atom. The van der Waals surface area contributed by atoms with Crippen molar-refractivity contribution in [2.75, 3.05) is 18.4 Å². The van der Waals surface area contributed by atoms with Gasteiger partial charge in [0.1, 0.15) is 17.1 Å². The van der Waals surface area contributed by atoms with Crippen molar-refractivity contribution in [3.05, 3.63) is 212 Å². The lowest BCUT2D eigenvalue weighted by Crippen LogP contribution is -2.29. The summed E-state index contributed by atoms with van der Waals surface area (Å²) in [4.78, 5) is 47.5. The van der Waals surface area contributed by atoms with E-state index in [1.807, 2.05) is 36.4 Å². The van der Waals surface area contributed by atoms with Gasteiger partial charge in [-0.15, -0.1) is 23.2 Å². The first kappa shape index (κ1) is 63.0. The van der Waals surface area contributed by atoms with E-state index in [0.717, 1.165) is 44.0 Å². The number of rotatable bonds is 16. The highest BCUT2D eigenvalue weighted by atomic mass is 35.5. The first-order valence-corrected chi connectivity index (χ1v) is 29.0. The van der Waals surface area contributed by atoms with E-state index in [-0.39, 0.29) is 49.1 Å². The maximum Gasteiger partial charge on any atom is 0.308 e. The summed E-state index contributed by atoms with van der Waals surface area (Å²) in [6.07, 6.45) is -0.0613. The van der Waals surface area contributed by atoms with Gasteiger partial charge in [-0.2, -0.15) is 10.2 Å². The minimum Gasteiger partial charge on any atom is -0.481 e. The van der Waals surface area contributed by atoms with E-state index in [4.69, 9.17) is 99.1 Å². The molecule has 0 radical (unpaired) electrons. The zero-order valence-corrected chi connectivity index (χ0v) is 51.1. The predicted molar refractivity (Wildman–Crippen MR) is 340 cm³/mol. The topological polar surface area (TPSA) is 176 Å². The average Bonchev–Trinajstić information content (AvgIpc) is 2.13. The molecular weight excluding hydrogens is 1210 g/mol. The standard InChI is InChI=1S/C34H31Cl2N3O4.C30H23Cl2N3O4.CH2Cl2/c1-21-5-6-24-18-28(10-7-23(24)15-21)39-31(20-30(38-39)25-16-26(35)19-27(36)17-25)42-29-11-8-22(9-12-29)33(41)37-14-13-32(40)43-34(2,3)4;1-18-2-3-21-15-25(7-4-20(21)12-18)35-28(17-27(34-35)22-13-23(31)16-24(32)14-22)39-26-8-5-19(6-9-26)30(38)33-11-10-29(36)37;2-1-3/h5-12,15-20H,13-14H2,1-4H3,(H,37,41);2-9,12-17H,10-11H2,1H3,(H,33,38)(H,36,37);1H2. The lowest BCUT2D eigenvalue weighted by molar-refractivity contribution is -0.154. The molecule has 0 unspecified atom stereocenters. The second-order valence-corrected chi connectivity index (χ2v) is 22.8. The molecule has 0 aliphatic heterocycles. The number of nitrogens with one attached hydrogen (secondary N) is 2. The average molecular weight is 1260 g/mol. The van der Waals surface area contributed by atoms with Crippen LogP contribution < -0.4 is 20.1 Å². The molecule has 14 nitrogen and oxygen atoms in total. The second-order valence-electron chi connectivity index (χ2n) is 20.3. The smallest absolute Gasteiger partial charge is 0.308 e. The van der Waals surface area contributed by atoms with Crippen molar-refractivity contribution in [2.45, 2.75) is 53.1 Å². The van der Waals surface area contributed by atoms with Gasteiger partial charge in [0.2, 0.25) is 11.8 Å². The number of halogens is 6. The van der Waals surface area contributed by atoms with Crippen LogP contribution in [0.25, 0.3) is 55.4 Å². The monoisotopic (exact) mass is 1260 g/mol. The van der Waals surface area contributed by atoms with E-state index in [1.165, 1.54) is 11.1 Å². The number of amides is 2. The number of carboxylic acids is 1. The van der Waals surface area contributed by atoms with Gasteiger partial charge < -0.3 is 30.0 Å². The van der Waals surface area contributed by atoms with Crippen molar-refractivity contribution in [1.82, 2.24) is 30.2 Å². The van der Waals surface area contributed by atoms with Gasteiger partial charge in [-0.25, -0.2) is 9.36 Å². The Morgan fingerprint density at radius 2 is 0.859 bits per heavy atom. The number of benzene rings is 8. The number of aromatic nitrogens is 4. The van der Waals surface area contributed by atoms with Crippen LogP contribution in [0.15, 0.2) is 170 Å². The number of hydrogen-bond acceptors (Lipinski definition) is 9. The summed E-state index contributed by atoms with van der Waals surface area (Å²) in [5.74, 6) is -0.0843. The van der Waals surface area contributed by atoms with Crippen molar-refractivity contribution < 1.29 is 38.5 Å². The van der Waals surface area contributed by atoms with Crippen LogP contribution in [0.5, 0.6) is 23.3 Å². The van der Waals surface area contributed by atoms with Crippen LogP contribution in [0.2, 0.25) is 20.1 Å². The first-order valence-electron chi connectivity index (χ1n) is 26.4. The fourth-order valence-electron chi connectivity index (χ4n) is 8.65. The third kappa shape index (κ3) is 17.7. The van der Waals surface area contributed by atoms with Crippen molar-refractivity contribution in [1.29, 1.82) is 0 Å². The van der Waals surface area contributed by atoms with E-state index in [1.54, 1.807) is 121 Å². The molecule has 3 N–H and O–H groups in total. The van der Waals surface area contributed by atoms with Crippen LogP contribution in [0, 0.1) is 13.8 Å². The van der Waals surface area contributed by atoms with E-state index in [9.17, 15) is 19.2 Å². The van der Waals surface area contributed by atoms with Crippen molar-refractivity contribution in [3.63, 3.8) is 0 Å². The zero-order chi connectivity index (χ0) is 61.0. The molecule has 0 spiro atoms. The molecular formula is C65H56Cl6N6O8. The number of esters is 1. The number of alkyl halides is 2. The number of hydrogen-bond donors (Lipinski definition) is 3. The quantitative estimate of drug-likeness (QED) is 0.0623. The molecule has 8 aromatic carbocycles. The molecule has 0 saturated carbocycles. The molecule has 0 aliphatic rings. The maximum absolute atomic E-state index is 12.6. The molecule has 0 fully saturated rings. The normalized spacial score (nSPS) is 11.0. The highest BCUT2D eigenvalue weighted by molar-refractivity contribution is 6.40. The highest BCUT2D eigenvalue weighted by Gasteiger charge is 2.20. The molecule has 10 aromatic rings. The largest absolute Gasteiger partial charge is 0.481 e. The molecule has 10 rings (SSSR count). The Kier molecular flexibility index (Phi) is 21.2. The van der Waals surface area contributed by atoms with Gasteiger partial charge in [0.25, 0.3) is 11.8 Å². The highest BCUT2D eigenvalue weighted by Crippen LogP contribution is 2.36.